The number of benzene rings is 2. The summed E-state index contributed by atoms with van der Waals surface area (Å²) in [6.07, 6.45) is 0. The molecule has 3 N–H and O–H groups in total. The van der Waals surface area contributed by atoms with E-state index in [0.29, 0.717) is 27.8 Å². The summed E-state index contributed by atoms with van der Waals surface area (Å²) < 4.78 is 0. The zero-order valence-corrected chi connectivity index (χ0v) is 19.7. The maximum Gasteiger partial charge on any atom is 0.257 e. The topological polar surface area (TPSA) is 100 Å². The summed E-state index contributed by atoms with van der Waals surface area (Å²) in [5.41, 5.74) is 4.95. The number of nitrogens with one attached hydrogen (secondary N) is 3. The molecule has 0 radical (unpaired) electrons. The van der Waals surface area contributed by atoms with E-state index in [1.165, 1.54) is 30.0 Å². The highest BCUT2D eigenvalue weighted by Crippen LogP contribution is 2.21. The van der Waals surface area contributed by atoms with Crippen molar-refractivity contribution >= 4 is 57.3 Å². The van der Waals surface area contributed by atoms with Gasteiger partial charge in [0.05, 0.1) is 11.4 Å². The average molecular weight is 469 g/mol. The van der Waals surface area contributed by atoms with E-state index in [-0.39, 0.29) is 23.5 Å². The Morgan fingerprint density at radius 1 is 0.938 bits per heavy atom. The van der Waals surface area contributed by atoms with Crippen LogP contribution in [0.2, 0.25) is 0 Å². The number of aryl methyl sites for hydroxylation is 2. The standard InChI is InChI=1S/C23H24N4O3S2/c1-14-4-5-17(10-15(14)2)22(30)27-23-26-20(12-32-23)11-31-13-21(29)25-19-8-6-18(7-9-19)24-16(3)28/h4-10,12H,11,13H2,1-3H3,(H,24,28)(H,25,29)(H,26,27,30). The Labute approximate surface area is 195 Å². The van der Waals surface area contributed by atoms with Crippen LogP contribution in [0.4, 0.5) is 16.5 Å². The molecule has 0 fully saturated rings. The molecule has 9 heteroatoms. The monoisotopic (exact) mass is 468 g/mol. The number of anilines is 3. The summed E-state index contributed by atoms with van der Waals surface area (Å²) in [6, 6.07) is 12.5. The summed E-state index contributed by atoms with van der Waals surface area (Å²) in [6.45, 7) is 5.42. The molecule has 0 saturated carbocycles. The fourth-order valence-corrected chi connectivity index (χ4v) is 4.30. The zero-order valence-electron chi connectivity index (χ0n) is 18.0. The molecular formula is C23H24N4O3S2. The maximum absolute atomic E-state index is 12.4. The van der Waals surface area contributed by atoms with E-state index in [1.54, 1.807) is 30.3 Å². The minimum Gasteiger partial charge on any atom is -0.326 e. The van der Waals surface area contributed by atoms with E-state index in [0.717, 1.165) is 16.8 Å². The lowest BCUT2D eigenvalue weighted by molar-refractivity contribution is -0.114. The second kappa shape index (κ2) is 10.9. The summed E-state index contributed by atoms with van der Waals surface area (Å²) in [5, 5.41) is 10.7. The lowest BCUT2D eigenvalue weighted by atomic mass is 10.1. The van der Waals surface area contributed by atoms with Crippen LogP contribution in [0, 0.1) is 13.8 Å². The van der Waals surface area contributed by atoms with E-state index >= 15 is 0 Å². The number of thiazole rings is 1. The molecular weight excluding hydrogens is 444 g/mol. The van der Waals surface area contributed by atoms with Crippen molar-refractivity contribution in [3.05, 3.63) is 70.2 Å². The van der Waals surface area contributed by atoms with E-state index in [9.17, 15) is 14.4 Å². The van der Waals surface area contributed by atoms with E-state index < -0.39 is 0 Å². The van der Waals surface area contributed by atoms with Crippen molar-refractivity contribution in [2.75, 3.05) is 21.7 Å². The molecule has 2 aromatic carbocycles. The van der Waals surface area contributed by atoms with Gasteiger partial charge in [0.1, 0.15) is 0 Å². The van der Waals surface area contributed by atoms with Crippen molar-refractivity contribution in [2.45, 2.75) is 26.5 Å². The second-order valence-corrected chi connectivity index (χ2v) is 9.04. The predicted molar refractivity (Wildman–Crippen MR) is 132 cm³/mol. The van der Waals surface area contributed by atoms with Gasteiger partial charge in [0, 0.05) is 35.0 Å². The third-order valence-corrected chi connectivity index (χ3v) is 6.29. The van der Waals surface area contributed by atoms with E-state index in [1.807, 2.05) is 31.4 Å². The first-order valence-corrected chi connectivity index (χ1v) is 11.9. The molecule has 3 amide bonds. The smallest absolute Gasteiger partial charge is 0.257 e. The van der Waals surface area contributed by atoms with Crippen LogP contribution in [-0.2, 0) is 15.3 Å². The Kier molecular flexibility index (Phi) is 8.02. The van der Waals surface area contributed by atoms with Gasteiger partial charge >= 0.3 is 0 Å². The van der Waals surface area contributed by atoms with E-state index in [4.69, 9.17) is 0 Å². The predicted octanol–water partition coefficient (Wildman–Crippen LogP) is 4.84. The summed E-state index contributed by atoms with van der Waals surface area (Å²) >= 11 is 2.80. The quantitative estimate of drug-likeness (QED) is 0.439. The van der Waals surface area contributed by atoms with Gasteiger partial charge in [-0.05, 0) is 61.4 Å². The number of carbonyl (C=O) groups excluding carboxylic acids is 3. The molecule has 3 rings (SSSR count). The highest BCUT2D eigenvalue weighted by atomic mass is 32.2. The van der Waals surface area contributed by atoms with Gasteiger partial charge in [0.15, 0.2) is 5.13 Å². The molecule has 1 aromatic heterocycles. The molecule has 32 heavy (non-hydrogen) atoms. The van der Waals surface area contributed by atoms with Gasteiger partial charge in [-0.2, -0.15) is 0 Å². The van der Waals surface area contributed by atoms with Gasteiger partial charge in [-0.15, -0.1) is 23.1 Å². The molecule has 3 aromatic rings. The number of thioether (sulfide) groups is 1. The van der Waals surface area contributed by atoms with Gasteiger partial charge < -0.3 is 10.6 Å². The molecule has 0 aliphatic rings. The Bertz CT molecular complexity index is 1130. The minimum absolute atomic E-state index is 0.124. The number of hydrogen-bond acceptors (Lipinski definition) is 6. The molecule has 0 spiro atoms. The number of hydrogen-bond donors (Lipinski definition) is 3. The first-order chi connectivity index (χ1) is 15.3. The van der Waals surface area contributed by atoms with Crippen LogP contribution < -0.4 is 16.0 Å². The highest BCUT2D eigenvalue weighted by molar-refractivity contribution is 7.99. The van der Waals surface area contributed by atoms with Crippen molar-refractivity contribution < 1.29 is 14.4 Å². The van der Waals surface area contributed by atoms with Crippen molar-refractivity contribution in [1.82, 2.24) is 4.98 Å². The molecule has 0 unspecified atom stereocenters. The molecule has 0 bridgehead atoms. The maximum atomic E-state index is 12.4. The fraction of sp³-hybridized carbons (Fsp3) is 0.217. The number of rotatable bonds is 8. The zero-order chi connectivity index (χ0) is 23.1. The van der Waals surface area contributed by atoms with Crippen LogP contribution in [-0.4, -0.2) is 28.5 Å². The number of aromatic nitrogens is 1. The second-order valence-electron chi connectivity index (χ2n) is 7.20. The normalized spacial score (nSPS) is 10.5. The van der Waals surface area contributed by atoms with Crippen LogP contribution in [0.5, 0.6) is 0 Å². The summed E-state index contributed by atoms with van der Waals surface area (Å²) in [5.74, 6) is 0.375. The summed E-state index contributed by atoms with van der Waals surface area (Å²) in [7, 11) is 0. The largest absolute Gasteiger partial charge is 0.326 e. The van der Waals surface area contributed by atoms with Gasteiger partial charge in [0.2, 0.25) is 11.8 Å². The van der Waals surface area contributed by atoms with Crippen molar-refractivity contribution in [3.63, 3.8) is 0 Å². The van der Waals surface area contributed by atoms with Crippen molar-refractivity contribution in [2.24, 2.45) is 0 Å². The van der Waals surface area contributed by atoms with Crippen LogP contribution in [0.3, 0.4) is 0 Å². The first-order valence-electron chi connectivity index (χ1n) is 9.88. The molecule has 0 saturated heterocycles. The minimum atomic E-state index is -0.189. The highest BCUT2D eigenvalue weighted by Gasteiger charge is 2.11. The molecule has 7 nitrogen and oxygen atoms in total. The van der Waals surface area contributed by atoms with Crippen LogP contribution >= 0.6 is 23.1 Å². The van der Waals surface area contributed by atoms with Gasteiger partial charge in [-0.3, -0.25) is 19.7 Å². The first kappa shape index (κ1) is 23.5. The van der Waals surface area contributed by atoms with Crippen LogP contribution in [0.25, 0.3) is 0 Å². The lowest BCUT2D eigenvalue weighted by Crippen LogP contribution is -2.14. The number of nitrogens with zero attached hydrogens (tertiary/aromatic N) is 1. The molecule has 0 aliphatic carbocycles. The molecule has 0 atom stereocenters. The fourth-order valence-electron chi connectivity index (χ4n) is 2.77. The Morgan fingerprint density at radius 2 is 1.62 bits per heavy atom. The van der Waals surface area contributed by atoms with Crippen LogP contribution in [0.15, 0.2) is 47.8 Å². The SMILES string of the molecule is CC(=O)Nc1ccc(NC(=O)CSCc2csc(NC(=O)c3ccc(C)c(C)c3)n2)cc1. The number of carbonyl (C=O) groups is 3. The van der Waals surface area contributed by atoms with Crippen LogP contribution in [0.1, 0.15) is 34.1 Å². The number of amides is 3. The Morgan fingerprint density at radius 3 is 2.28 bits per heavy atom. The van der Waals surface area contributed by atoms with Crippen molar-refractivity contribution in [1.29, 1.82) is 0 Å². The lowest BCUT2D eigenvalue weighted by Gasteiger charge is -2.06. The van der Waals surface area contributed by atoms with Gasteiger partial charge in [-0.1, -0.05) is 6.07 Å². The van der Waals surface area contributed by atoms with E-state index in [2.05, 4.69) is 20.9 Å². The third kappa shape index (κ3) is 6.93. The molecule has 1 heterocycles. The molecule has 166 valence electrons. The van der Waals surface area contributed by atoms with Crippen molar-refractivity contribution in [3.8, 4) is 0 Å². The Balaban J connectivity index is 1.43. The van der Waals surface area contributed by atoms with Gasteiger partial charge in [-0.25, -0.2) is 4.98 Å². The summed E-state index contributed by atoms with van der Waals surface area (Å²) in [4.78, 5) is 40.0. The third-order valence-electron chi connectivity index (χ3n) is 4.51. The molecule has 0 aliphatic heterocycles. The van der Waals surface area contributed by atoms with Gasteiger partial charge in [0.25, 0.3) is 5.91 Å². The average Bonchev–Trinajstić information content (AvgIpc) is 3.18. The Hall–Kier alpha value is -3.17.